The highest BCUT2D eigenvalue weighted by atomic mass is 19.3. The monoisotopic (exact) mass is 370 g/mol. The minimum absolute atomic E-state index is 0.0830. The molecule has 2 aromatic rings. The number of rotatable bonds is 5. The van der Waals surface area contributed by atoms with Gasteiger partial charge in [-0.3, -0.25) is 9.59 Å². The van der Waals surface area contributed by atoms with Crippen molar-refractivity contribution in [3.63, 3.8) is 0 Å². The molecule has 10 heteroatoms. The number of carbonyl (C=O) groups is 2. The first kappa shape index (κ1) is 17.8. The summed E-state index contributed by atoms with van der Waals surface area (Å²) in [5.74, 6) is -2.29. The molecule has 0 amide bonds. The number of halogens is 4. The number of benzene rings is 1. The molecule has 0 saturated heterocycles. The minimum atomic E-state index is -4.87. The van der Waals surface area contributed by atoms with Gasteiger partial charge in [-0.05, 0) is 30.3 Å². The maximum atomic E-state index is 13.2. The Kier molecular flexibility index (Phi) is 4.34. The van der Waals surface area contributed by atoms with Crippen LogP contribution in [0.15, 0.2) is 36.5 Å². The standard InChI is InChI=1S/C16H10F4N2O4/c17-15(18)16(19,20)26-14-8-9(3-6-13(14)25-15)11(23)4-5-12(24)10-2-1-7-21-22-10/h1-3,6-8H,4-5H2. The average Bonchev–Trinajstić information content (AvgIpc) is 2.60. The Morgan fingerprint density at radius 2 is 1.58 bits per heavy atom. The predicted molar refractivity (Wildman–Crippen MR) is 77.5 cm³/mol. The maximum absolute atomic E-state index is 13.2. The molecule has 1 aliphatic rings. The van der Waals surface area contributed by atoms with Gasteiger partial charge in [0.1, 0.15) is 5.69 Å². The van der Waals surface area contributed by atoms with Crippen LogP contribution in [0.4, 0.5) is 17.6 Å². The first-order valence-electron chi connectivity index (χ1n) is 7.31. The van der Waals surface area contributed by atoms with E-state index in [2.05, 4.69) is 19.7 Å². The molecule has 1 aliphatic heterocycles. The number of ketones is 2. The van der Waals surface area contributed by atoms with E-state index in [1.165, 1.54) is 18.3 Å². The molecule has 0 saturated carbocycles. The molecular formula is C16H10F4N2O4. The first-order valence-corrected chi connectivity index (χ1v) is 7.31. The summed E-state index contributed by atoms with van der Waals surface area (Å²) in [5, 5.41) is 7.16. The molecule has 6 nitrogen and oxygen atoms in total. The minimum Gasteiger partial charge on any atom is -0.421 e. The van der Waals surface area contributed by atoms with Gasteiger partial charge in [0.25, 0.3) is 0 Å². The van der Waals surface area contributed by atoms with Crippen molar-refractivity contribution in [2.45, 2.75) is 25.1 Å². The number of aromatic nitrogens is 2. The highest BCUT2D eigenvalue weighted by Gasteiger charge is 2.65. The zero-order valence-electron chi connectivity index (χ0n) is 12.9. The van der Waals surface area contributed by atoms with Crippen LogP contribution in [0.25, 0.3) is 0 Å². The van der Waals surface area contributed by atoms with Crippen LogP contribution in [-0.2, 0) is 0 Å². The number of ether oxygens (including phenoxy) is 2. The van der Waals surface area contributed by atoms with Crippen molar-refractivity contribution >= 4 is 11.6 Å². The second kappa shape index (κ2) is 6.36. The summed E-state index contributed by atoms with van der Waals surface area (Å²) in [6.07, 6.45) is -8.73. The van der Waals surface area contributed by atoms with Crippen molar-refractivity contribution in [3.8, 4) is 11.5 Å². The van der Waals surface area contributed by atoms with Crippen molar-refractivity contribution in [2.24, 2.45) is 0 Å². The lowest BCUT2D eigenvalue weighted by molar-refractivity contribution is -0.391. The molecule has 0 fully saturated rings. The normalized spacial score (nSPS) is 16.8. The molecule has 0 spiro atoms. The third-order valence-electron chi connectivity index (χ3n) is 3.52. The van der Waals surface area contributed by atoms with E-state index >= 15 is 0 Å². The largest absolute Gasteiger partial charge is 0.507 e. The van der Waals surface area contributed by atoms with E-state index in [4.69, 9.17) is 0 Å². The SMILES string of the molecule is O=C(CCC(=O)c1cccnn1)c1ccc2c(c1)OC(F)(F)C(F)(F)O2. The zero-order valence-corrected chi connectivity index (χ0v) is 12.9. The second-order valence-electron chi connectivity index (χ2n) is 5.35. The Labute approximate surface area is 143 Å². The quantitative estimate of drug-likeness (QED) is 0.594. The van der Waals surface area contributed by atoms with Crippen LogP contribution in [0.3, 0.4) is 0 Å². The van der Waals surface area contributed by atoms with E-state index in [0.717, 1.165) is 18.2 Å². The van der Waals surface area contributed by atoms with E-state index in [1.807, 2.05) is 0 Å². The van der Waals surface area contributed by atoms with Gasteiger partial charge in [0.05, 0.1) is 0 Å². The number of hydrogen-bond donors (Lipinski definition) is 0. The van der Waals surface area contributed by atoms with Crippen LogP contribution in [0, 0.1) is 0 Å². The summed E-state index contributed by atoms with van der Waals surface area (Å²) < 4.78 is 60.5. The Bertz CT molecular complexity index is 859. The van der Waals surface area contributed by atoms with E-state index < -0.39 is 35.3 Å². The van der Waals surface area contributed by atoms with Crippen LogP contribution in [0.1, 0.15) is 33.7 Å². The van der Waals surface area contributed by atoms with E-state index in [1.54, 1.807) is 0 Å². The molecule has 26 heavy (non-hydrogen) atoms. The number of Topliss-reactive ketones (excluding diaryl/α,β-unsaturated/α-hetero) is 2. The van der Waals surface area contributed by atoms with Gasteiger partial charge in [-0.15, -0.1) is 5.10 Å². The second-order valence-corrected chi connectivity index (χ2v) is 5.35. The van der Waals surface area contributed by atoms with Gasteiger partial charge < -0.3 is 9.47 Å². The molecule has 0 bridgehead atoms. The summed E-state index contributed by atoms with van der Waals surface area (Å²) in [7, 11) is 0. The van der Waals surface area contributed by atoms with Crippen molar-refractivity contribution in [1.82, 2.24) is 10.2 Å². The van der Waals surface area contributed by atoms with Gasteiger partial charge >= 0.3 is 12.2 Å². The summed E-state index contributed by atoms with van der Waals surface area (Å²) in [4.78, 5) is 24.0. The Balaban J connectivity index is 1.71. The molecule has 0 atom stereocenters. The molecule has 1 aromatic carbocycles. The van der Waals surface area contributed by atoms with Gasteiger partial charge in [0.15, 0.2) is 23.1 Å². The van der Waals surface area contributed by atoms with Crippen molar-refractivity contribution in [1.29, 1.82) is 0 Å². The Morgan fingerprint density at radius 1 is 0.923 bits per heavy atom. The average molecular weight is 370 g/mol. The van der Waals surface area contributed by atoms with Crippen LogP contribution >= 0.6 is 0 Å². The highest BCUT2D eigenvalue weighted by molar-refractivity contribution is 6.01. The summed E-state index contributed by atoms with van der Waals surface area (Å²) >= 11 is 0. The van der Waals surface area contributed by atoms with Crippen LogP contribution in [-0.4, -0.2) is 34.0 Å². The number of hydrogen-bond acceptors (Lipinski definition) is 6. The molecule has 0 unspecified atom stereocenters. The smallest absolute Gasteiger partial charge is 0.421 e. The number of nitrogens with zero attached hydrogens (tertiary/aromatic N) is 2. The third kappa shape index (κ3) is 3.35. The van der Waals surface area contributed by atoms with Gasteiger partial charge in [-0.25, -0.2) is 0 Å². The lowest BCUT2D eigenvalue weighted by atomic mass is 10.0. The summed E-state index contributed by atoms with van der Waals surface area (Å²) in [6, 6.07) is 5.87. The summed E-state index contributed by atoms with van der Waals surface area (Å²) in [5.41, 5.74) is 0.00431. The lowest BCUT2D eigenvalue weighted by Crippen LogP contribution is -2.52. The highest BCUT2D eigenvalue weighted by Crippen LogP contribution is 2.47. The fourth-order valence-electron chi connectivity index (χ4n) is 2.19. The molecule has 0 N–H and O–H groups in total. The molecule has 0 aliphatic carbocycles. The van der Waals surface area contributed by atoms with Crippen molar-refractivity contribution in [2.75, 3.05) is 0 Å². The fraction of sp³-hybridized carbons (Fsp3) is 0.250. The zero-order chi connectivity index (χ0) is 18.9. The molecule has 0 radical (unpaired) electrons. The van der Waals surface area contributed by atoms with Crippen molar-refractivity contribution < 1.29 is 36.6 Å². The summed E-state index contributed by atoms with van der Waals surface area (Å²) in [6.45, 7) is 0. The van der Waals surface area contributed by atoms with E-state index in [0.29, 0.717) is 0 Å². The van der Waals surface area contributed by atoms with Gasteiger partial charge in [0, 0.05) is 24.6 Å². The van der Waals surface area contributed by atoms with Crippen LogP contribution < -0.4 is 9.47 Å². The molecular weight excluding hydrogens is 360 g/mol. The topological polar surface area (TPSA) is 78.4 Å². The van der Waals surface area contributed by atoms with Gasteiger partial charge in [0.2, 0.25) is 0 Å². The number of alkyl halides is 4. The van der Waals surface area contributed by atoms with Gasteiger partial charge in [-0.2, -0.15) is 22.7 Å². The molecule has 3 rings (SSSR count). The predicted octanol–water partition coefficient (Wildman–Crippen LogP) is 3.28. The van der Waals surface area contributed by atoms with E-state index in [9.17, 15) is 27.2 Å². The van der Waals surface area contributed by atoms with Crippen LogP contribution in [0.5, 0.6) is 11.5 Å². The molecule has 136 valence electrons. The maximum Gasteiger partial charge on any atom is 0.507 e. The van der Waals surface area contributed by atoms with Crippen molar-refractivity contribution in [3.05, 3.63) is 47.8 Å². The lowest BCUT2D eigenvalue weighted by Gasteiger charge is -2.31. The third-order valence-corrected chi connectivity index (χ3v) is 3.52. The first-order chi connectivity index (χ1) is 12.2. The van der Waals surface area contributed by atoms with Crippen LogP contribution in [0.2, 0.25) is 0 Å². The number of carbonyl (C=O) groups excluding carboxylic acids is 2. The Hall–Kier alpha value is -3.04. The molecule has 2 heterocycles. The Morgan fingerprint density at radius 3 is 2.23 bits per heavy atom. The van der Waals surface area contributed by atoms with Gasteiger partial charge in [-0.1, -0.05) is 0 Å². The fourth-order valence-corrected chi connectivity index (χ4v) is 2.19. The number of fused-ring (bicyclic) bond motifs is 1. The molecule has 1 aromatic heterocycles. The van der Waals surface area contributed by atoms with E-state index in [-0.39, 0.29) is 24.1 Å².